The van der Waals surface area contributed by atoms with Crippen LogP contribution in [0.25, 0.3) is 10.9 Å². The molecule has 2 amide bonds. The summed E-state index contributed by atoms with van der Waals surface area (Å²) in [6, 6.07) is 3.99. The van der Waals surface area contributed by atoms with Gasteiger partial charge in [-0.05, 0) is 29.3 Å². The number of amides is 2. The number of carboxylic acids is 2. The van der Waals surface area contributed by atoms with Crippen LogP contribution in [0.1, 0.15) is 25.8 Å². The highest BCUT2D eigenvalue weighted by Crippen LogP contribution is 2.19. The van der Waals surface area contributed by atoms with Gasteiger partial charge in [0, 0.05) is 23.5 Å². The Labute approximate surface area is 183 Å². The minimum absolute atomic E-state index is 0.239. The quantitative estimate of drug-likeness (QED) is 0.277. The molecule has 0 radical (unpaired) electrons. The van der Waals surface area contributed by atoms with Crippen LogP contribution in [0.4, 0.5) is 0 Å². The summed E-state index contributed by atoms with van der Waals surface area (Å²) in [7, 11) is 0. The van der Waals surface area contributed by atoms with Crippen LogP contribution in [0.5, 0.6) is 0 Å². The number of hydrogen-bond acceptors (Lipinski definition) is 5. The van der Waals surface area contributed by atoms with Crippen molar-refractivity contribution in [2.24, 2.45) is 5.92 Å². The third kappa shape index (κ3) is 6.43. The maximum absolute atomic E-state index is 12.8. The van der Waals surface area contributed by atoms with Gasteiger partial charge in [-0.1, -0.05) is 32.0 Å². The molecule has 1 heterocycles. The van der Waals surface area contributed by atoms with Gasteiger partial charge in [-0.2, -0.15) is 0 Å². The van der Waals surface area contributed by atoms with E-state index in [9.17, 15) is 19.2 Å². The predicted octanol–water partition coefficient (Wildman–Crippen LogP) is 1.01. The van der Waals surface area contributed by atoms with E-state index in [2.05, 4.69) is 20.5 Å². The van der Waals surface area contributed by atoms with E-state index >= 15 is 0 Å². The number of aromatic nitrogens is 1. The summed E-state index contributed by atoms with van der Waals surface area (Å²) in [5.74, 6) is -4.60. The van der Waals surface area contributed by atoms with E-state index in [-0.39, 0.29) is 6.42 Å². The van der Waals surface area contributed by atoms with Gasteiger partial charge >= 0.3 is 11.9 Å². The van der Waals surface area contributed by atoms with Gasteiger partial charge in [0.2, 0.25) is 11.8 Å². The van der Waals surface area contributed by atoms with Crippen molar-refractivity contribution >= 4 is 46.4 Å². The van der Waals surface area contributed by atoms with E-state index in [1.807, 2.05) is 24.3 Å². The fourth-order valence-corrected chi connectivity index (χ4v) is 3.30. The lowest BCUT2D eigenvalue weighted by Gasteiger charge is -2.25. The summed E-state index contributed by atoms with van der Waals surface area (Å²) in [6.45, 7) is 3.33. The van der Waals surface area contributed by atoms with Crippen LogP contribution < -0.4 is 15.5 Å². The van der Waals surface area contributed by atoms with E-state index in [1.165, 1.54) is 0 Å². The number of carboxylic acid groups (broad SMARTS) is 2. The van der Waals surface area contributed by atoms with Crippen molar-refractivity contribution in [3.63, 3.8) is 0 Å². The average Bonchev–Trinajstić information content (AvgIpc) is 3.11. The Hall–Kier alpha value is -3.11. The van der Waals surface area contributed by atoms with Gasteiger partial charge in [-0.15, -0.1) is 0 Å². The van der Waals surface area contributed by atoms with Crippen molar-refractivity contribution in [2.75, 3.05) is 0 Å². The van der Waals surface area contributed by atoms with Gasteiger partial charge < -0.3 is 25.8 Å². The van der Waals surface area contributed by atoms with Crippen LogP contribution in [0, 0.1) is 5.92 Å². The number of fused-ring (bicyclic) bond motifs is 1. The molecule has 2 aromatic rings. The van der Waals surface area contributed by atoms with E-state index in [0.29, 0.717) is 0 Å². The second-order valence-corrected chi connectivity index (χ2v) is 7.67. The zero-order valence-electron chi connectivity index (χ0n) is 17.0. The number of halogens is 1. The molecule has 10 nitrogen and oxygen atoms in total. The number of rotatable bonds is 11. The minimum Gasteiger partial charge on any atom is -0.481 e. The van der Waals surface area contributed by atoms with E-state index in [1.54, 1.807) is 20.0 Å². The van der Waals surface area contributed by atoms with Crippen LogP contribution in [0.15, 0.2) is 30.5 Å². The van der Waals surface area contributed by atoms with Crippen LogP contribution in [0.3, 0.4) is 0 Å². The van der Waals surface area contributed by atoms with Crippen LogP contribution >= 0.6 is 11.8 Å². The standard InChI is InChI=1S/C20H25ClN4O6/c1-10(2)17(19(29)23-15(20(30)31)8-16(26)27)24-18(28)14(25-21)7-11-9-22-13-6-4-3-5-12(11)13/h3-6,9-10,14-15,17,22,25H,7-8H2,1-2H3,(H,23,29)(H,24,28)(H,26,27)(H,30,31)/t14-,15-,17-/m0/s1. The molecule has 0 saturated carbocycles. The van der Waals surface area contributed by atoms with E-state index < -0.39 is 54.2 Å². The highest BCUT2D eigenvalue weighted by Gasteiger charge is 2.31. The van der Waals surface area contributed by atoms with E-state index in [4.69, 9.17) is 22.0 Å². The molecule has 0 unspecified atom stereocenters. The smallest absolute Gasteiger partial charge is 0.326 e. The van der Waals surface area contributed by atoms with Gasteiger partial charge in [0.15, 0.2) is 0 Å². The highest BCUT2D eigenvalue weighted by atomic mass is 35.5. The first-order valence-electron chi connectivity index (χ1n) is 9.60. The van der Waals surface area contributed by atoms with Crippen molar-refractivity contribution in [3.05, 3.63) is 36.0 Å². The Kier molecular flexibility index (Phi) is 8.40. The van der Waals surface area contributed by atoms with Crippen LogP contribution in [0.2, 0.25) is 0 Å². The topological polar surface area (TPSA) is 161 Å². The Morgan fingerprint density at radius 2 is 1.71 bits per heavy atom. The predicted molar refractivity (Wildman–Crippen MR) is 113 cm³/mol. The van der Waals surface area contributed by atoms with E-state index in [0.717, 1.165) is 16.5 Å². The highest BCUT2D eigenvalue weighted by molar-refractivity contribution is 6.15. The van der Waals surface area contributed by atoms with Gasteiger partial charge in [0.05, 0.1) is 6.42 Å². The Balaban J connectivity index is 2.11. The lowest BCUT2D eigenvalue weighted by molar-refractivity contribution is -0.147. The normalized spacial score (nSPS) is 14.1. The summed E-state index contributed by atoms with van der Waals surface area (Å²) < 4.78 is 0. The zero-order chi connectivity index (χ0) is 23.1. The number of carbonyl (C=O) groups excluding carboxylic acids is 2. The third-order valence-electron chi connectivity index (χ3n) is 4.79. The molecule has 31 heavy (non-hydrogen) atoms. The molecule has 11 heteroatoms. The van der Waals surface area contributed by atoms with Crippen molar-refractivity contribution in [1.82, 2.24) is 20.5 Å². The second kappa shape index (κ2) is 10.8. The molecule has 0 saturated heterocycles. The van der Waals surface area contributed by atoms with Gasteiger partial charge in [0.25, 0.3) is 0 Å². The summed E-state index contributed by atoms with van der Waals surface area (Å²) in [5.41, 5.74) is 1.76. The molecule has 0 aliphatic rings. The molecule has 168 valence electrons. The Bertz CT molecular complexity index is 960. The number of H-pyrrole nitrogens is 1. The molecule has 0 aliphatic heterocycles. The number of aliphatic carboxylic acids is 2. The Morgan fingerprint density at radius 3 is 2.29 bits per heavy atom. The molecule has 0 bridgehead atoms. The Morgan fingerprint density at radius 1 is 1.03 bits per heavy atom. The maximum atomic E-state index is 12.8. The van der Waals surface area contributed by atoms with Crippen molar-refractivity contribution in [3.8, 4) is 0 Å². The molecule has 6 N–H and O–H groups in total. The van der Waals surface area contributed by atoms with Crippen molar-refractivity contribution in [1.29, 1.82) is 0 Å². The molecule has 2 rings (SSSR count). The molecule has 0 fully saturated rings. The molecular formula is C20H25ClN4O6. The lowest BCUT2D eigenvalue weighted by Crippen LogP contribution is -2.56. The minimum atomic E-state index is -1.61. The van der Waals surface area contributed by atoms with Crippen LogP contribution in [-0.4, -0.2) is 57.1 Å². The largest absolute Gasteiger partial charge is 0.481 e. The second-order valence-electron chi connectivity index (χ2n) is 7.45. The summed E-state index contributed by atoms with van der Waals surface area (Å²) in [6.07, 6.45) is 1.23. The summed E-state index contributed by atoms with van der Waals surface area (Å²) in [5, 5.41) is 23.6. The fraction of sp³-hybridized carbons (Fsp3) is 0.400. The SMILES string of the molecule is CC(C)[C@H](NC(=O)[C@H](Cc1c[nH]c2ccccc12)NCl)C(=O)N[C@@H](CC(=O)O)C(=O)O. The first kappa shape index (κ1) is 24.2. The summed E-state index contributed by atoms with van der Waals surface area (Å²) in [4.78, 5) is 53.0. The molecule has 0 spiro atoms. The van der Waals surface area contributed by atoms with Gasteiger partial charge in [-0.3, -0.25) is 14.4 Å². The molecule has 0 aliphatic carbocycles. The number of carbonyl (C=O) groups is 4. The molecular weight excluding hydrogens is 428 g/mol. The average molecular weight is 453 g/mol. The van der Waals surface area contributed by atoms with Crippen LogP contribution in [-0.2, 0) is 25.6 Å². The zero-order valence-corrected chi connectivity index (χ0v) is 17.8. The number of nitrogens with one attached hydrogen (secondary N) is 4. The molecule has 1 aromatic carbocycles. The lowest BCUT2D eigenvalue weighted by atomic mass is 10.0. The first-order chi connectivity index (χ1) is 14.6. The number of para-hydroxylation sites is 1. The number of benzene rings is 1. The number of hydrogen-bond donors (Lipinski definition) is 6. The number of aromatic amines is 1. The van der Waals surface area contributed by atoms with Crippen molar-refractivity contribution in [2.45, 2.75) is 44.8 Å². The van der Waals surface area contributed by atoms with Crippen molar-refractivity contribution < 1.29 is 29.4 Å². The maximum Gasteiger partial charge on any atom is 0.326 e. The monoisotopic (exact) mass is 452 g/mol. The third-order valence-corrected chi connectivity index (χ3v) is 5.05. The fourth-order valence-electron chi connectivity index (χ4n) is 3.13. The molecule has 3 atom stereocenters. The molecule has 1 aromatic heterocycles. The summed E-state index contributed by atoms with van der Waals surface area (Å²) >= 11 is 5.79. The first-order valence-corrected chi connectivity index (χ1v) is 9.98. The van der Waals surface area contributed by atoms with Gasteiger partial charge in [0.1, 0.15) is 18.1 Å². The van der Waals surface area contributed by atoms with Gasteiger partial charge in [-0.25, -0.2) is 9.63 Å².